The monoisotopic (exact) mass is 180 g/mol. The molecular formula is C6H12O6. The van der Waals surface area contributed by atoms with Gasteiger partial charge in [0.15, 0.2) is 6.29 Å². The van der Waals surface area contributed by atoms with Crippen LogP contribution in [-0.2, 0) is 4.74 Å². The smallest absolute Gasteiger partial charge is 0.184 e. The van der Waals surface area contributed by atoms with Crippen LogP contribution < -0.4 is 0 Å². The van der Waals surface area contributed by atoms with Crippen molar-refractivity contribution in [1.82, 2.24) is 0 Å². The van der Waals surface area contributed by atoms with Crippen molar-refractivity contribution in [3.63, 3.8) is 0 Å². The lowest BCUT2D eigenvalue weighted by atomic mass is 10.00. The molecule has 1 rings (SSSR count). The van der Waals surface area contributed by atoms with Gasteiger partial charge in [0.1, 0.15) is 24.4 Å². The Kier molecular flexibility index (Phi) is 2.99. The molecule has 1 fully saturated rings. The largest absolute Gasteiger partial charge is 0.394 e. The molecule has 0 bridgehead atoms. The molecule has 6 nitrogen and oxygen atoms in total. The van der Waals surface area contributed by atoms with E-state index in [2.05, 4.69) is 4.74 Å². The second kappa shape index (κ2) is 3.65. The third kappa shape index (κ3) is 1.58. The minimum absolute atomic E-state index is 0.526. The molecule has 0 saturated carbocycles. The summed E-state index contributed by atoms with van der Waals surface area (Å²) in [4.78, 5) is 0. The molecule has 1 aliphatic rings. The molecule has 0 radical (unpaired) electrons. The van der Waals surface area contributed by atoms with E-state index in [0.717, 1.165) is 0 Å². The predicted octanol–water partition coefficient (Wildman–Crippen LogP) is -3.22. The Labute approximate surface area is 68.6 Å². The molecule has 1 aliphatic heterocycles. The zero-order valence-corrected chi connectivity index (χ0v) is 6.24. The average molecular weight is 180 g/mol. The number of ether oxygens (including phenoxy) is 1. The lowest BCUT2D eigenvalue weighted by Gasteiger charge is -2.37. The third-order valence-electron chi connectivity index (χ3n) is 1.87. The van der Waals surface area contributed by atoms with Crippen LogP contribution in [0.15, 0.2) is 0 Å². The van der Waals surface area contributed by atoms with Crippen LogP contribution in [0.1, 0.15) is 0 Å². The maximum Gasteiger partial charge on any atom is 0.184 e. The molecule has 1 saturated heterocycles. The predicted molar refractivity (Wildman–Crippen MR) is 36.0 cm³/mol. The van der Waals surface area contributed by atoms with E-state index in [1.54, 1.807) is 0 Å². The van der Waals surface area contributed by atoms with Crippen LogP contribution in [0.4, 0.5) is 0 Å². The third-order valence-corrected chi connectivity index (χ3v) is 1.87. The van der Waals surface area contributed by atoms with Gasteiger partial charge in [0.2, 0.25) is 0 Å². The summed E-state index contributed by atoms with van der Waals surface area (Å²) < 4.78 is 4.58. The highest BCUT2D eigenvalue weighted by Gasteiger charge is 2.42. The maximum atomic E-state index is 9.12. The van der Waals surface area contributed by atoms with Crippen molar-refractivity contribution in [3.05, 3.63) is 0 Å². The molecule has 0 aliphatic carbocycles. The van der Waals surface area contributed by atoms with Crippen LogP contribution in [0.3, 0.4) is 0 Å². The van der Waals surface area contributed by atoms with E-state index in [4.69, 9.17) is 25.5 Å². The van der Waals surface area contributed by atoms with Gasteiger partial charge in [-0.3, -0.25) is 0 Å². The van der Waals surface area contributed by atoms with E-state index >= 15 is 0 Å². The van der Waals surface area contributed by atoms with Crippen LogP contribution in [-0.4, -0.2) is 62.8 Å². The molecule has 2 unspecified atom stereocenters. The van der Waals surface area contributed by atoms with Gasteiger partial charge in [-0.2, -0.15) is 0 Å². The number of aliphatic hydroxyl groups excluding tert-OH is 5. The standard InChI is InChI=1S/C6H12O6/c7-1-2-3(8)4(9)5(10)6(11)12-2/h2-11H,1H2/t2?,3-,4?,5-,6-/m1/s1. The summed E-state index contributed by atoms with van der Waals surface area (Å²) in [5.41, 5.74) is 0. The Hall–Kier alpha value is -0.240. The summed E-state index contributed by atoms with van der Waals surface area (Å²) in [5.74, 6) is 0. The summed E-state index contributed by atoms with van der Waals surface area (Å²) in [7, 11) is 0. The van der Waals surface area contributed by atoms with Crippen LogP contribution in [0, 0.1) is 0 Å². The molecule has 0 aromatic carbocycles. The fourth-order valence-electron chi connectivity index (χ4n) is 1.08. The normalized spacial score (nSPS) is 49.2. The summed E-state index contributed by atoms with van der Waals surface area (Å²) in [6, 6.07) is 0. The lowest BCUT2D eigenvalue weighted by Crippen LogP contribution is -2.58. The van der Waals surface area contributed by atoms with E-state index in [1.807, 2.05) is 0 Å². The SMILES string of the molecule is OCC1O[C@@H](O)[C@H](O)C(O)[C@@H]1O. The molecule has 72 valence electrons. The van der Waals surface area contributed by atoms with Gasteiger partial charge in [-0.1, -0.05) is 0 Å². The summed E-state index contributed by atoms with van der Waals surface area (Å²) in [6.07, 6.45) is -7.04. The quantitative estimate of drug-likeness (QED) is 0.290. The van der Waals surface area contributed by atoms with Gasteiger partial charge in [-0.25, -0.2) is 0 Å². The van der Waals surface area contributed by atoms with E-state index in [1.165, 1.54) is 0 Å². The van der Waals surface area contributed by atoms with E-state index in [-0.39, 0.29) is 0 Å². The van der Waals surface area contributed by atoms with Crippen molar-refractivity contribution in [3.8, 4) is 0 Å². The minimum atomic E-state index is -1.57. The highest BCUT2D eigenvalue weighted by Crippen LogP contribution is 2.18. The van der Waals surface area contributed by atoms with Crippen LogP contribution in [0.2, 0.25) is 0 Å². The molecule has 0 aromatic heterocycles. The van der Waals surface area contributed by atoms with Gasteiger partial charge in [-0.15, -0.1) is 0 Å². The number of hydrogen-bond acceptors (Lipinski definition) is 6. The average Bonchev–Trinajstić information content (AvgIpc) is 2.08. The molecule has 0 amide bonds. The molecule has 5 N–H and O–H groups in total. The van der Waals surface area contributed by atoms with Gasteiger partial charge in [0.05, 0.1) is 6.61 Å². The van der Waals surface area contributed by atoms with Crippen LogP contribution in [0.25, 0.3) is 0 Å². The summed E-state index contributed by atoms with van der Waals surface area (Å²) >= 11 is 0. The molecule has 5 atom stereocenters. The second-order valence-corrected chi connectivity index (χ2v) is 2.72. The van der Waals surface area contributed by atoms with Gasteiger partial charge in [-0.05, 0) is 0 Å². The molecule has 6 heteroatoms. The molecular weight excluding hydrogens is 168 g/mol. The number of hydrogen-bond donors (Lipinski definition) is 5. The molecule has 0 spiro atoms. The first-order valence-electron chi connectivity index (χ1n) is 3.56. The molecule has 0 aromatic rings. The van der Waals surface area contributed by atoms with Crippen molar-refractivity contribution in [2.24, 2.45) is 0 Å². The van der Waals surface area contributed by atoms with Crippen molar-refractivity contribution >= 4 is 0 Å². The van der Waals surface area contributed by atoms with Crippen molar-refractivity contribution in [1.29, 1.82) is 0 Å². The maximum absolute atomic E-state index is 9.12. The lowest BCUT2D eigenvalue weighted by molar-refractivity contribution is -0.286. The number of aliphatic hydroxyl groups is 5. The fraction of sp³-hybridized carbons (Fsp3) is 1.00. The number of rotatable bonds is 1. The summed E-state index contributed by atoms with van der Waals surface area (Å²) in [6.45, 7) is -0.526. The highest BCUT2D eigenvalue weighted by molar-refractivity contribution is 4.87. The van der Waals surface area contributed by atoms with Gasteiger partial charge in [0, 0.05) is 0 Å². The Morgan fingerprint density at radius 1 is 0.917 bits per heavy atom. The Balaban J connectivity index is 2.63. The van der Waals surface area contributed by atoms with Gasteiger partial charge < -0.3 is 30.3 Å². The zero-order valence-electron chi connectivity index (χ0n) is 6.24. The van der Waals surface area contributed by atoms with Gasteiger partial charge in [0.25, 0.3) is 0 Å². The van der Waals surface area contributed by atoms with E-state index < -0.39 is 37.3 Å². The first kappa shape index (κ1) is 9.85. The van der Waals surface area contributed by atoms with Crippen molar-refractivity contribution < 1.29 is 30.3 Å². The fourth-order valence-corrected chi connectivity index (χ4v) is 1.08. The first-order chi connectivity index (χ1) is 5.57. The second-order valence-electron chi connectivity index (χ2n) is 2.72. The van der Waals surface area contributed by atoms with Crippen molar-refractivity contribution in [2.75, 3.05) is 6.61 Å². The van der Waals surface area contributed by atoms with Gasteiger partial charge >= 0.3 is 0 Å². The Morgan fingerprint density at radius 3 is 2.00 bits per heavy atom. The molecule has 1 heterocycles. The Morgan fingerprint density at radius 2 is 1.50 bits per heavy atom. The van der Waals surface area contributed by atoms with Crippen LogP contribution >= 0.6 is 0 Å². The zero-order chi connectivity index (χ0) is 9.30. The highest BCUT2D eigenvalue weighted by atomic mass is 16.6. The van der Waals surface area contributed by atoms with E-state index in [0.29, 0.717) is 0 Å². The topological polar surface area (TPSA) is 110 Å². The van der Waals surface area contributed by atoms with Crippen LogP contribution in [0.5, 0.6) is 0 Å². The molecule has 12 heavy (non-hydrogen) atoms. The Bertz CT molecular complexity index is 146. The van der Waals surface area contributed by atoms with Crippen molar-refractivity contribution in [2.45, 2.75) is 30.7 Å². The summed E-state index contributed by atoms with van der Waals surface area (Å²) in [5, 5.41) is 44.7. The minimum Gasteiger partial charge on any atom is -0.394 e. The first-order valence-corrected chi connectivity index (χ1v) is 3.56. The van der Waals surface area contributed by atoms with E-state index in [9.17, 15) is 0 Å².